The molecule has 4 nitrogen and oxygen atoms in total. The lowest BCUT2D eigenvalue weighted by molar-refractivity contribution is -0.123. The second-order valence-corrected chi connectivity index (χ2v) is 6.15. The fourth-order valence-electron chi connectivity index (χ4n) is 2.94. The first-order valence-corrected chi connectivity index (χ1v) is 7.89. The van der Waals surface area contributed by atoms with Crippen LogP contribution in [0.25, 0.3) is 0 Å². The topological polar surface area (TPSA) is 75.3 Å². The minimum absolute atomic E-state index is 0.0188. The van der Waals surface area contributed by atoms with Crippen molar-refractivity contribution in [3.8, 4) is 0 Å². The molecule has 0 aromatic heterocycles. The predicted molar refractivity (Wildman–Crippen MR) is 84.9 cm³/mol. The summed E-state index contributed by atoms with van der Waals surface area (Å²) < 4.78 is 0. The molecule has 1 aromatic carbocycles. The molecule has 1 fully saturated rings. The maximum absolute atomic E-state index is 12.2. The van der Waals surface area contributed by atoms with E-state index >= 15 is 0 Å². The molecule has 3 unspecified atom stereocenters. The van der Waals surface area contributed by atoms with Crippen molar-refractivity contribution in [2.45, 2.75) is 63.5 Å². The summed E-state index contributed by atoms with van der Waals surface area (Å²) in [5.41, 5.74) is 7.52. The van der Waals surface area contributed by atoms with E-state index in [0.717, 1.165) is 43.4 Å². The molecule has 1 aliphatic carbocycles. The van der Waals surface area contributed by atoms with Gasteiger partial charge in [-0.2, -0.15) is 0 Å². The molecule has 0 heterocycles. The second-order valence-electron chi connectivity index (χ2n) is 6.15. The number of carbonyl (C=O) groups excluding carboxylic acids is 1. The number of carbonyl (C=O) groups is 1. The maximum Gasteiger partial charge on any atom is 0.220 e. The minimum Gasteiger partial charge on any atom is -0.399 e. The van der Waals surface area contributed by atoms with Gasteiger partial charge in [-0.05, 0) is 36.5 Å². The van der Waals surface area contributed by atoms with Crippen LogP contribution in [0.2, 0.25) is 0 Å². The van der Waals surface area contributed by atoms with Gasteiger partial charge in [0.1, 0.15) is 0 Å². The molecule has 0 saturated heterocycles. The van der Waals surface area contributed by atoms with E-state index in [0.29, 0.717) is 6.42 Å². The van der Waals surface area contributed by atoms with Crippen LogP contribution in [0.4, 0.5) is 5.69 Å². The van der Waals surface area contributed by atoms with Gasteiger partial charge in [0.05, 0.1) is 12.1 Å². The van der Waals surface area contributed by atoms with Gasteiger partial charge in [0.25, 0.3) is 0 Å². The van der Waals surface area contributed by atoms with E-state index in [-0.39, 0.29) is 17.9 Å². The normalized spacial score (nSPS) is 24.1. The Morgan fingerprint density at radius 3 is 2.67 bits per heavy atom. The summed E-state index contributed by atoms with van der Waals surface area (Å²) in [6.07, 6.45) is 4.98. The SMILES string of the molecule is CC(CC(=O)NC1CCCCCC1O)c1ccc(N)cc1. The predicted octanol–water partition coefficient (Wildman–Crippen LogP) is 2.57. The lowest BCUT2D eigenvalue weighted by atomic mass is 9.96. The first-order valence-electron chi connectivity index (χ1n) is 7.89. The third kappa shape index (κ3) is 4.74. The molecule has 1 saturated carbocycles. The van der Waals surface area contributed by atoms with Gasteiger partial charge >= 0.3 is 0 Å². The van der Waals surface area contributed by atoms with E-state index in [1.807, 2.05) is 31.2 Å². The number of hydrogen-bond acceptors (Lipinski definition) is 3. The zero-order valence-corrected chi connectivity index (χ0v) is 12.7. The number of benzene rings is 1. The molecule has 4 N–H and O–H groups in total. The molecule has 0 aliphatic heterocycles. The van der Waals surface area contributed by atoms with Crippen LogP contribution < -0.4 is 11.1 Å². The van der Waals surface area contributed by atoms with Crippen molar-refractivity contribution in [3.05, 3.63) is 29.8 Å². The summed E-state index contributed by atoms with van der Waals surface area (Å²) in [5.74, 6) is 0.166. The lowest BCUT2D eigenvalue weighted by Gasteiger charge is -2.22. The molecular formula is C17H26N2O2. The smallest absolute Gasteiger partial charge is 0.220 e. The largest absolute Gasteiger partial charge is 0.399 e. The summed E-state index contributed by atoms with van der Waals surface area (Å²) in [7, 11) is 0. The highest BCUT2D eigenvalue weighted by Crippen LogP contribution is 2.21. The molecule has 1 aliphatic rings. The van der Waals surface area contributed by atoms with Crippen molar-refractivity contribution >= 4 is 11.6 Å². The first kappa shape index (κ1) is 15.8. The van der Waals surface area contributed by atoms with Crippen LogP contribution in [0.15, 0.2) is 24.3 Å². The third-order valence-corrected chi connectivity index (χ3v) is 4.32. The van der Waals surface area contributed by atoms with Gasteiger partial charge < -0.3 is 16.2 Å². The molecule has 4 heteroatoms. The van der Waals surface area contributed by atoms with Crippen LogP contribution in [-0.2, 0) is 4.79 Å². The Morgan fingerprint density at radius 2 is 1.95 bits per heavy atom. The van der Waals surface area contributed by atoms with E-state index in [2.05, 4.69) is 5.32 Å². The molecule has 1 aromatic rings. The molecule has 3 atom stereocenters. The summed E-state index contributed by atoms with van der Waals surface area (Å²) >= 11 is 0. The lowest BCUT2D eigenvalue weighted by Crippen LogP contribution is -2.42. The number of aliphatic hydroxyl groups excluding tert-OH is 1. The van der Waals surface area contributed by atoms with Gasteiger partial charge in [-0.1, -0.05) is 38.3 Å². The Labute approximate surface area is 126 Å². The fraction of sp³-hybridized carbons (Fsp3) is 0.588. The van der Waals surface area contributed by atoms with Crippen molar-refractivity contribution in [3.63, 3.8) is 0 Å². The molecular weight excluding hydrogens is 264 g/mol. The highest BCUT2D eigenvalue weighted by atomic mass is 16.3. The van der Waals surface area contributed by atoms with Gasteiger partial charge in [-0.3, -0.25) is 4.79 Å². The third-order valence-electron chi connectivity index (χ3n) is 4.32. The van der Waals surface area contributed by atoms with Gasteiger partial charge in [-0.25, -0.2) is 0 Å². The molecule has 0 bridgehead atoms. The van der Waals surface area contributed by atoms with Crippen LogP contribution in [0.5, 0.6) is 0 Å². The van der Waals surface area contributed by atoms with Crippen LogP contribution in [0, 0.1) is 0 Å². The molecule has 21 heavy (non-hydrogen) atoms. The molecule has 2 rings (SSSR count). The monoisotopic (exact) mass is 290 g/mol. The number of aliphatic hydroxyl groups is 1. The van der Waals surface area contributed by atoms with Gasteiger partial charge in [-0.15, -0.1) is 0 Å². The molecule has 1 amide bonds. The summed E-state index contributed by atoms with van der Waals surface area (Å²) in [5, 5.41) is 13.1. The highest BCUT2D eigenvalue weighted by molar-refractivity contribution is 5.77. The zero-order chi connectivity index (χ0) is 15.2. The average Bonchev–Trinajstić information content (AvgIpc) is 2.65. The van der Waals surface area contributed by atoms with Crippen LogP contribution in [0.3, 0.4) is 0 Å². The van der Waals surface area contributed by atoms with E-state index in [1.54, 1.807) is 0 Å². The van der Waals surface area contributed by atoms with E-state index in [4.69, 9.17) is 5.73 Å². The van der Waals surface area contributed by atoms with Crippen molar-refractivity contribution in [1.29, 1.82) is 0 Å². The Morgan fingerprint density at radius 1 is 1.29 bits per heavy atom. The first-order chi connectivity index (χ1) is 10.1. The Kier molecular flexibility index (Phi) is 5.62. The van der Waals surface area contributed by atoms with E-state index in [1.165, 1.54) is 0 Å². The maximum atomic E-state index is 12.2. The number of anilines is 1. The number of nitrogen functional groups attached to an aromatic ring is 1. The number of nitrogens with two attached hydrogens (primary N) is 1. The van der Waals surface area contributed by atoms with Gasteiger partial charge in [0.15, 0.2) is 0 Å². The van der Waals surface area contributed by atoms with E-state index in [9.17, 15) is 9.90 Å². The van der Waals surface area contributed by atoms with Gasteiger partial charge in [0.2, 0.25) is 5.91 Å². The number of amides is 1. The van der Waals surface area contributed by atoms with Crippen molar-refractivity contribution in [2.75, 3.05) is 5.73 Å². The Bertz CT molecular complexity index is 458. The second kappa shape index (κ2) is 7.46. The summed E-state index contributed by atoms with van der Waals surface area (Å²) in [4.78, 5) is 12.2. The summed E-state index contributed by atoms with van der Waals surface area (Å²) in [6, 6.07) is 7.57. The number of hydrogen-bond donors (Lipinski definition) is 3. The molecule has 116 valence electrons. The molecule has 0 spiro atoms. The van der Waals surface area contributed by atoms with Crippen molar-refractivity contribution in [1.82, 2.24) is 5.32 Å². The fourth-order valence-corrected chi connectivity index (χ4v) is 2.94. The summed E-state index contributed by atoms with van der Waals surface area (Å²) in [6.45, 7) is 2.04. The Hall–Kier alpha value is -1.55. The Balaban J connectivity index is 1.87. The quantitative estimate of drug-likeness (QED) is 0.589. The van der Waals surface area contributed by atoms with Crippen LogP contribution >= 0.6 is 0 Å². The van der Waals surface area contributed by atoms with Crippen LogP contribution in [0.1, 0.15) is 56.9 Å². The highest BCUT2D eigenvalue weighted by Gasteiger charge is 2.23. The zero-order valence-electron chi connectivity index (χ0n) is 12.7. The number of nitrogens with one attached hydrogen (secondary N) is 1. The van der Waals surface area contributed by atoms with Crippen LogP contribution in [-0.4, -0.2) is 23.2 Å². The number of rotatable bonds is 4. The standard InChI is InChI=1S/C17H26N2O2/c1-12(13-7-9-14(18)10-8-13)11-17(21)19-15-5-3-2-4-6-16(15)20/h7-10,12,15-16,20H,2-6,11,18H2,1H3,(H,19,21). The van der Waals surface area contributed by atoms with Crippen molar-refractivity contribution < 1.29 is 9.90 Å². The molecule has 0 radical (unpaired) electrons. The minimum atomic E-state index is -0.400. The van der Waals surface area contributed by atoms with E-state index < -0.39 is 6.10 Å². The van der Waals surface area contributed by atoms with Gasteiger partial charge in [0, 0.05) is 12.1 Å². The average molecular weight is 290 g/mol. The van der Waals surface area contributed by atoms with Crippen molar-refractivity contribution in [2.24, 2.45) is 0 Å².